The number of alkyl halides is 1. The standard InChI is InChI=1S/C9H18BrNO2S/c1-7-3-8(2)5-9(4-7)11-14(12,13)6-10/h7-9,11H,3-6H2,1-2H3. The van der Waals surface area contributed by atoms with Crippen LogP contribution in [0.4, 0.5) is 0 Å². The number of halogens is 1. The van der Waals surface area contributed by atoms with E-state index >= 15 is 0 Å². The highest BCUT2D eigenvalue weighted by molar-refractivity contribution is 9.10. The minimum absolute atomic E-state index is 0.000732. The topological polar surface area (TPSA) is 46.2 Å². The van der Waals surface area contributed by atoms with E-state index in [0.29, 0.717) is 11.8 Å². The Bertz CT molecular complexity index is 269. The van der Waals surface area contributed by atoms with Gasteiger partial charge in [0.15, 0.2) is 0 Å². The molecule has 2 unspecified atom stereocenters. The zero-order valence-electron chi connectivity index (χ0n) is 8.66. The van der Waals surface area contributed by atoms with E-state index in [0.717, 1.165) is 12.8 Å². The van der Waals surface area contributed by atoms with Gasteiger partial charge in [-0.05, 0) is 31.1 Å². The van der Waals surface area contributed by atoms with E-state index in [4.69, 9.17) is 0 Å². The number of rotatable bonds is 3. The lowest BCUT2D eigenvalue weighted by Gasteiger charge is -2.31. The van der Waals surface area contributed by atoms with E-state index < -0.39 is 10.0 Å². The van der Waals surface area contributed by atoms with Crippen molar-refractivity contribution in [3.8, 4) is 0 Å². The van der Waals surface area contributed by atoms with Gasteiger partial charge in [0.1, 0.15) is 4.66 Å². The van der Waals surface area contributed by atoms with Crippen molar-refractivity contribution >= 4 is 26.0 Å². The Morgan fingerprint density at radius 3 is 2.14 bits per heavy atom. The van der Waals surface area contributed by atoms with Gasteiger partial charge in [0, 0.05) is 6.04 Å². The van der Waals surface area contributed by atoms with Gasteiger partial charge < -0.3 is 0 Å². The third kappa shape index (κ3) is 3.87. The van der Waals surface area contributed by atoms with Crippen molar-refractivity contribution in [2.24, 2.45) is 11.8 Å². The van der Waals surface area contributed by atoms with Gasteiger partial charge in [-0.15, -0.1) is 0 Å². The van der Waals surface area contributed by atoms with Crippen LogP contribution in [0, 0.1) is 11.8 Å². The van der Waals surface area contributed by atoms with Crippen molar-refractivity contribution in [3.63, 3.8) is 0 Å². The first-order chi connectivity index (χ1) is 6.43. The third-order valence-electron chi connectivity index (χ3n) is 2.67. The summed E-state index contributed by atoms with van der Waals surface area (Å²) in [5.41, 5.74) is 0. The maximum absolute atomic E-state index is 11.3. The molecule has 0 aliphatic heterocycles. The van der Waals surface area contributed by atoms with Gasteiger partial charge in [-0.3, -0.25) is 0 Å². The number of hydrogen-bond acceptors (Lipinski definition) is 2. The first-order valence-electron chi connectivity index (χ1n) is 4.99. The smallest absolute Gasteiger partial charge is 0.212 e. The molecule has 1 aliphatic rings. The second-order valence-corrected chi connectivity index (χ2v) is 7.51. The van der Waals surface area contributed by atoms with Crippen molar-refractivity contribution in [3.05, 3.63) is 0 Å². The van der Waals surface area contributed by atoms with E-state index in [-0.39, 0.29) is 10.7 Å². The third-order valence-corrected chi connectivity index (χ3v) is 5.46. The molecule has 84 valence electrons. The molecule has 3 nitrogen and oxygen atoms in total. The summed E-state index contributed by atoms with van der Waals surface area (Å²) in [5.74, 6) is 1.25. The summed E-state index contributed by atoms with van der Waals surface area (Å²) in [4.78, 5) is 0. The molecule has 1 aliphatic carbocycles. The molecule has 0 saturated heterocycles. The number of nitrogens with one attached hydrogen (secondary N) is 1. The highest BCUT2D eigenvalue weighted by Crippen LogP contribution is 2.28. The molecule has 0 radical (unpaired) electrons. The van der Waals surface area contributed by atoms with Crippen molar-refractivity contribution in [2.75, 3.05) is 4.66 Å². The van der Waals surface area contributed by atoms with Crippen LogP contribution in [-0.4, -0.2) is 19.1 Å². The first-order valence-corrected chi connectivity index (χ1v) is 7.76. The van der Waals surface area contributed by atoms with E-state index in [2.05, 4.69) is 34.5 Å². The molecule has 1 saturated carbocycles. The minimum atomic E-state index is -3.10. The van der Waals surface area contributed by atoms with Crippen molar-refractivity contribution in [2.45, 2.75) is 39.2 Å². The van der Waals surface area contributed by atoms with E-state index in [9.17, 15) is 8.42 Å². The molecular weight excluding hydrogens is 266 g/mol. The Balaban J connectivity index is 2.53. The fourth-order valence-corrected chi connectivity index (χ4v) is 3.49. The van der Waals surface area contributed by atoms with E-state index in [1.165, 1.54) is 6.42 Å². The largest absolute Gasteiger partial charge is 0.221 e. The van der Waals surface area contributed by atoms with Crippen LogP contribution in [0.3, 0.4) is 0 Å². The molecule has 1 N–H and O–H groups in total. The average molecular weight is 284 g/mol. The molecular formula is C9H18BrNO2S. The monoisotopic (exact) mass is 283 g/mol. The molecule has 0 aromatic heterocycles. The van der Waals surface area contributed by atoms with Crippen LogP contribution in [0.1, 0.15) is 33.1 Å². The van der Waals surface area contributed by atoms with Crippen molar-refractivity contribution in [1.29, 1.82) is 0 Å². The maximum atomic E-state index is 11.3. The summed E-state index contributed by atoms with van der Waals surface area (Å²) in [5, 5.41) is 0. The zero-order chi connectivity index (χ0) is 10.8. The Labute approximate surface area is 94.8 Å². The SMILES string of the molecule is CC1CC(C)CC(NS(=O)(=O)CBr)C1. The summed E-state index contributed by atoms with van der Waals surface area (Å²) in [7, 11) is -3.10. The zero-order valence-corrected chi connectivity index (χ0v) is 11.1. The Kier molecular flexibility index (Phi) is 4.40. The summed E-state index contributed by atoms with van der Waals surface area (Å²) in [6.45, 7) is 4.37. The molecule has 14 heavy (non-hydrogen) atoms. The lowest BCUT2D eigenvalue weighted by Crippen LogP contribution is -2.40. The van der Waals surface area contributed by atoms with E-state index in [1.54, 1.807) is 0 Å². The first kappa shape index (κ1) is 12.5. The molecule has 0 heterocycles. The van der Waals surface area contributed by atoms with Gasteiger partial charge in [0.25, 0.3) is 0 Å². The minimum Gasteiger partial charge on any atom is -0.212 e. The van der Waals surface area contributed by atoms with Gasteiger partial charge >= 0.3 is 0 Å². The molecule has 0 aromatic carbocycles. The van der Waals surface area contributed by atoms with Gasteiger partial charge in [-0.2, -0.15) is 0 Å². The molecule has 0 amide bonds. The summed E-state index contributed by atoms with van der Waals surface area (Å²) in [6.07, 6.45) is 3.15. The van der Waals surface area contributed by atoms with Crippen molar-refractivity contribution in [1.82, 2.24) is 4.72 Å². The van der Waals surface area contributed by atoms with E-state index in [1.807, 2.05) is 0 Å². The second-order valence-electron chi connectivity index (χ2n) is 4.46. The van der Waals surface area contributed by atoms with Gasteiger partial charge in [0.2, 0.25) is 10.0 Å². The summed E-state index contributed by atoms with van der Waals surface area (Å²) < 4.78 is 25.4. The van der Waals surface area contributed by atoms with Crippen LogP contribution < -0.4 is 4.72 Å². The van der Waals surface area contributed by atoms with Crippen LogP contribution in [0.25, 0.3) is 0 Å². The Morgan fingerprint density at radius 2 is 1.71 bits per heavy atom. The van der Waals surface area contributed by atoms with Crippen LogP contribution >= 0.6 is 15.9 Å². The second kappa shape index (κ2) is 4.94. The fraction of sp³-hybridized carbons (Fsp3) is 1.00. The number of sulfonamides is 1. The lowest BCUT2D eigenvalue weighted by molar-refractivity contribution is 0.258. The summed E-state index contributed by atoms with van der Waals surface area (Å²) >= 11 is 2.98. The maximum Gasteiger partial charge on any atom is 0.221 e. The fourth-order valence-electron chi connectivity index (χ4n) is 2.33. The average Bonchev–Trinajstić information content (AvgIpc) is 2.01. The number of hydrogen-bond donors (Lipinski definition) is 1. The summed E-state index contributed by atoms with van der Waals surface area (Å²) in [6, 6.07) is 0.135. The van der Waals surface area contributed by atoms with Gasteiger partial charge in [0.05, 0.1) is 0 Å². The Morgan fingerprint density at radius 1 is 1.21 bits per heavy atom. The molecule has 0 bridgehead atoms. The van der Waals surface area contributed by atoms with Gasteiger partial charge in [-0.25, -0.2) is 13.1 Å². The highest BCUT2D eigenvalue weighted by atomic mass is 79.9. The highest BCUT2D eigenvalue weighted by Gasteiger charge is 2.26. The quantitative estimate of drug-likeness (QED) is 0.807. The van der Waals surface area contributed by atoms with Crippen LogP contribution in [0.2, 0.25) is 0 Å². The molecule has 5 heteroatoms. The predicted molar refractivity (Wildman–Crippen MR) is 61.8 cm³/mol. The molecule has 0 spiro atoms. The molecule has 0 aromatic rings. The molecule has 1 fully saturated rings. The lowest BCUT2D eigenvalue weighted by atomic mass is 9.81. The van der Waals surface area contributed by atoms with Crippen molar-refractivity contribution < 1.29 is 8.42 Å². The molecule has 2 atom stereocenters. The van der Waals surface area contributed by atoms with Crippen LogP contribution in [0.5, 0.6) is 0 Å². The normalized spacial score (nSPS) is 34.4. The van der Waals surface area contributed by atoms with Crippen LogP contribution in [-0.2, 0) is 10.0 Å². The molecule has 1 rings (SSSR count). The van der Waals surface area contributed by atoms with Crippen LogP contribution in [0.15, 0.2) is 0 Å². The Hall–Kier alpha value is 0.390. The predicted octanol–water partition coefficient (Wildman–Crippen LogP) is 2.08. The van der Waals surface area contributed by atoms with Gasteiger partial charge in [-0.1, -0.05) is 29.8 Å².